The molecule has 0 bridgehead atoms. The topological polar surface area (TPSA) is 32.3 Å². The molecular formula is C13H27NO. The van der Waals surface area contributed by atoms with E-state index in [0.29, 0.717) is 12.1 Å². The molecule has 1 aliphatic rings. The Morgan fingerprint density at radius 2 is 2.13 bits per heavy atom. The third kappa shape index (κ3) is 4.98. The summed E-state index contributed by atoms with van der Waals surface area (Å²) in [6.45, 7) is 4.50. The lowest BCUT2D eigenvalue weighted by Gasteiger charge is -2.30. The molecule has 0 aromatic heterocycles. The fraction of sp³-hybridized carbons (Fsp3) is 1.00. The molecule has 15 heavy (non-hydrogen) atoms. The number of hydrogen-bond donors (Lipinski definition) is 2. The first kappa shape index (κ1) is 13.0. The third-order valence-electron chi connectivity index (χ3n) is 3.52. The van der Waals surface area contributed by atoms with Gasteiger partial charge in [0.2, 0.25) is 0 Å². The Labute approximate surface area is 94.5 Å². The Morgan fingerprint density at radius 1 is 1.33 bits per heavy atom. The van der Waals surface area contributed by atoms with E-state index in [2.05, 4.69) is 19.2 Å². The second-order valence-electron chi connectivity index (χ2n) is 4.93. The summed E-state index contributed by atoms with van der Waals surface area (Å²) in [4.78, 5) is 0. The SMILES string of the molecule is CCCCC(CC)NC1CCCC(O)C1. The van der Waals surface area contributed by atoms with Crippen LogP contribution in [0, 0.1) is 0 Å². The summed E-state index contributed by atoms with van der Waals surface area (Å²) in [5.74, 6) is 0. The summed E-state index contributed by atoms with van der Waals surface area (Å²) in [5.41, 5.74) is 0. The Balaban J connectivity index is 2.24. The van der Waals surface area contributed by atoms with E-state index in [1.54, 1.807) is 0 Å². The summed E-state index contributed by atoms with van der Waals surface area (Å²) < 4.78 is 0. The zero-order chi connectivity index (χ0) is 11.1. The molecule has 0 aromatic carbocycles. The van der Waals surface area contributed by atoms with Crippen LogP contribution in [0.25, 0.3) is 0 Å². The highest BCUT2D eigenvalue weighted by Gasteiger charge is 2.21. The smallest absolute Gasteiger partial charge is 0.0555 e. The number of rotatable bonds is 6. The largest absolute Gasteiger partial charge is 0.393 e. The van der Waals surface area contributed by atoms with Crippen molar-refractivity contribution in [3.05, 3.63) is 0 Å². The molecule has 90 valence electrons. The summed E-state index contributed by atoms with van der Waals surface area (Å²) in [6.07, 6.45) is 9.45. The van der Waals surface area contributed by atoms with Gasteiger partial charge in [-0.3, -0.25) is 0 Å². The fourth-order valence-corrected chi connectivity index (χ4v) is 2.50. The van der Waals surface area contributed by atoms with Crippen molar-refractivity contribution >= 4 is 0 Å². The van der Waals surface area contributed by atoms with E-state index in [0.717, 1.165) is 12.8 Å². The predicted octanol–water partition coefficient (Wildman–Crippen LogP) is 2.85. The van der Waals surface area contributed by atoms with Gasteiger partial charge in [-0.25, -0.2) is 0 Å². The van der Waals surface area contributed by atoms with Crippen LogP contribution in [0.1, 0.15) is 65.2 Å². The van der Waals surface area contributed by atoms with Crippen molar-refractivity contribution in [1.82, 2.24) is 5.32 Å². The number of nitrogens with one attached hydrogen (secondary N) is 1. The lowest BCUT2D eigenvalue weighted by atomic mass is 9.92. The minimum atomic E-state index is -0.0556. The van der Waals surface area contributed by atoms with Crippen LogP contribution in [-0.2, 0) is 0 Å². The lowest BCUT2D eigenvalue weighted by Crippen LogP contribution is -2.42. The molecule has 1 saturated carbocycles. The molecular weight excluding hydrogens is 186 g/mol. The molecule has 0 saturated heterocycles. The molecule has 0 spiro atoms. The minimum absolute atomic E-state index is 0.0556. The summed E-state index contributed by atoms with van der Waals surface area (Å²) in [6, 6.07) is 1.23. The van der Waals surface area contributed by atoms with Crippen molar-refractivity contribution in [1.29, 1.82) is 0 Å². The maximum atomic E-state index is 9.60. The Hall–Kier alpha value is -0.0800. The van der Waals surface area contributed by atoms with Crippen LogP contribution in [0.2, 0.25) is 0 Å². The van der Waals surface area contributed by atoms with Gasteiger partial charge in [0, 0.05) is 12.1 Å². The summed E-state index contributed by atoms with van der Waals surface area (Å²) in [7, 11) is 0. The van der Waals surface area contributed by atoms with Gasteiger partial charge in [-0.2, -0.15) is 0 Å². The maximum Gasteiger partial charge on any atom is 0.0555 e. The first-order chi connectivity index (χ1) is 7.26. The molecule has 0 radical (unpaired) electrons. The zero-order valence-electron chi connectivity index (χ0n) is 10.3. The van der Waals surface area contributed by atoms with Crippen molar-refractivity contribution in [3.8, 4) is 0 Å². The van der Waals surface area contributed by atoms with E-state index in [1.807, 2.05) is 0 Å². The minimum Gasteiger partial charge on any atom is -0.393 e. The van der Waals surface area contributed by atoms with Gasteiger partial charge in [0.25, 0.3) is 0 Å². The molecule has 2 nitrogen and oxygen atoms in total. The molecule has 0 heterocycles. The average molecular weight is 213 g/mol. The van der Waals surface area contributed by atoms with Crippen LogP contribution in [-0.4, -0.2) is 23.3 Å². The molecule has 1 fully saturated rings. The van der Waals surface area contributed by atoms with Gasteiger partial charge < -0.3 is 10.4 Å². The number of aliphatic hydroxyl groups is 1. The van der Waals surface area contributed by atoms with Crippen LogP contribution < -0.4 is 5.32 Å². The molecule has 2 N–H and O–H groups in total. The predicted molar refractivity (Wildman–Crippen MR) is 65.0 cm³/mol. The normalized spacial score (nSPS) is 29.0. The van der Waals surface area contributed by atoms with Crippen LogP contribution in [0.4, 0.5) is 0 Å². The highest BCUT2D eigenvalue weighted by molar-refractivity contribution is 4.80. The average Bonchev–Trinajstić information content (AvgIpc) is 2.24. The molecule has 3 unspecified atom stereocenters. The number of hydrogen-bond acceptors (Lipinski definition) is 2. The fourth-order valence-electron chi connectivity index (χ4n) is 2.50. The van der Waals surface area contributed by atoms with Gasteiger partial charge >= 0.3 is 0 Å². The van der Waals surface area contributed by atoms with Crippen molar-refractivity contribution in [2.75, 3.05) is 0 Å². The number of aliphatic hydroxyl groups excluding tert-OH is 1. The standard InChI is InChI=1S/C13H27NO/c1-3-5-7-11(4-2)14-12-8-6-9-13(15)10-12/h11-15H,3-10H2,1-2H3. The molecule has 1 rings (SSSR count). The molecule has 0 amide bonds. The second-order valence-corrected chi connectivity index (χ2v) is 4.93. The van der Waals surface area contributed by atoms with Gasteiger partial charge in [0.15, 0.2) is 0 Å². The van der Waals surface area contributed by atoms with Gasteiger partial charge in [-0.1, -0.05) is 26.7 Å². The van der Waals surface area contributed by atoms with Gasteiger partial charge in [0.05, 0.1) is 6.10 Å². The van der Waals surface area contributed by atoms with Gasteiger partial charge in [0.1, 0.15) is 0 Å². The quantitative estimate of drug-likeness (QED) is 0.711. The molecule has 2 heteroatoms. The van der Waals surface area contributed by atoms with Crippen molar-refractivity contribution in [3.63, 3.8) is 0 Å². The third-order valence-corrected chi connectivity index (χ3v) is 3.52. The van der Waals surface area contributed by atoms with Crippen LogP contribution in [0.3, 0.4) is 0 Å². The van der Waals surface area contributed by atoms with E-state index in [4.69, 9.17) is 0 Å². The monoisotopic (exact) mass is 213 g/mol. The van der Waals surface area contributed by atoms with E-state index < -0.39 is 0 Å². The Kier molecular flexibility index (Phi) is 6.26. The van der Waals surface area contributed by atoms with E-state index in [1.165, 1.54) is 38.5 Å². The van der Waals surface area contributed by atoms with Crippen molar-refractivity contribution < 1.29 is 5.11 Å². The van der Waals surface area contributed by atoms with Crippen molar-refractivity contribution in [2.24, 2.45) is 0 Å². The summed E-state index contributed by atoms with van der Waals surface area (Å²) >= 11 is 0. The summed E-state index contributed by atoms with van der Waals surface area (Å²) in [5, 5.41) is 13.3. The molecule has 0 aromatic rings. The van der Waals surface area contributed by atoms with E-state index in [-0.39, 0.29) is 6.10 Å². The van der Waals surface area contributed by atoms with Crippen LogP contribution >= 0.6 is 0 Å². The second kappa shape index (κ2) is 7.24. The van der Waals surface area contributed by atoms with Crippen LogP contribution in [0.5, 0.6) is 0 Å². The maximum absolute atomic E-state index is 9.60. The number of unbranched alkanes of at least 4 members (excludes halogenated alkanes) is 1. The van der Waals surface area contributed by atoms with Crippen LogP contribution in [0.15, 0.2) is 0 Å². The first-order valence-corrected chi connectivity index (χ1v) is 6.70. The lowest BCUT2D eigenvalue weighted by molar-refractivity contribution is 0.108. The molecule has 0 aliphatic heterocycles. The molecule has 3 atom stereocenters. The van der Waals surface area contributed by atoms with Gasteiger partial charge in [-0.05, 0) is 38.5 Å². The van der Waals surface area contributed by atoms with E-state index in [9.17, 15) is 5.11 Å². The zero-order valence-corrected chi connectivity index (χ0v) is 10.3. The Bertz CT molecular complexity index is 161. The first-order valence-electron chi connectivity index (χ1n) is 6.70. The Morgan fingerprint density at radius 3 is 2.73 bits per heavy atom. The van der Waals surface area contributed by atoms with Crippen molar-refractivity contribution in [2.45, 2.75) is 83.4 Å². The highest BCUT2D eigenvalue weighted by Crippen LogP contribution is 2.19. The highest BCUT2D eigenvalue weighted by atomic mass is 16.3. The van der Waals surface area contributed by atoms with Gasteiger partial charge in [-0.15, -0.1) is 0 Å². The van der Waals surface area contributed by atoms with E-state index >= 15 is 0 Å². The molecule has 1 aliphatic carbocycles.